The molecule has 0 aromatic heterocycles. The largest absolute Gasteiger partial charge is 0.338 e. The van der Waals surface area contributed by atoms with Crippen molar-refractivity contribution in [3.05, 3.63) is 59.9 Å². The van der Waals surface area contributed by atoms with E-state index in [1.54, 1.807) is 12.1 Å². The first-order valence-corrected chi connectivity index (χ1v) is 9.06. The normalized spacial score (nSPS) is 24.5. The molecular formula is C21H24FN3O. The Labute approximate surface area is 153 Å². The predicted molar refractivity (Wildman–Crippen MR) is 100 cm³/mol. The maximum atomic E-state index is 14.0. The van der Waals surface area contributed by atoms with E-state index in [1.165, 1.54) is 11.6 Å². The van der Waals surface area contributed by atoms with E-state index in [0.717, 1.165) is 18.7 Å². The second kappa shape index (κ2) is 6.82. The number of hydrogen-bond donors (Lipinski definition) is 1. The van der Waals surface area contributed by atoms with Crippen LogP contribution in [-0.4, -0.2) is 61.5 Å². The number of hydrogen-bond acceptors (Lipinski definition) is 3. The first-order valence-electron chi connectivity index (χ1n) is 9.06. The van der Waals surface area contributed by atoms with Gasteiger partial charge in [0.2, 0.25) is 5.91 Å². The summed E-state index contributed by atoms with van der Waals surface area (Å²) in [6.07, 6.45) is 0. The summed E-state index contributed by atoms with van der Waals surface area (Å²) >= 11 is 0. The van der Waals surface area contributed by atoms with Crippen LogP contribution in [0.5, 0.6) is 0 Å². The number of carbonyl (C=O) groups is 1. The maximum absolute atomic E-state index is 14.0. The lowest BCUT2D eigenvalue weighted by Crippen LogP contribution is -2.72. The first-order chi connectivity index (χ1) is 12.5. The molecule has 0 spiro atoms. The second-order valence-electron chi connectivity index (χ2n) is 7.54. The number of benzene rings is 2. The Bertz CT molecular complexity index is 793. The van der Waals surface area contributed by atoms with Gasteiger partial charge in [0, 0.05) is 36.7 Å². The number of piperidine rings is 1. The summed E-state index contributed by atoms with van der Waals surface area (Å²) < 4.78 is 14.0. The fourth-order valence-electron chi connectivity index (χ4n) is 4.15. The zero-order chi connectivity index (χ0) is 18.3. The van der Waals surface area contributed by atoms with Crippen molar-refractivity contribution in [2.75, 3.05) is 33.7 Å². The van der Waals surface area contributed by atoms with Gasteiger partial charge in [0.1, 0.15) is 5.82 Å². The molecule has 4 nitrogen and oxygen atoms in total. The van der Waals surface area contributed by atoms with Crippen LogP contribution in [0.1, 0.15) is 11.5 Å². The highest BCUT2D eigenvalue weighted by Gasteiger charge is 2.47. The van der Waals surface area contributed by atoms with E-state index in [9.17, 15) is 9.18 Å². The van der Waals surface area contributed by atoms with Gasteiger partial charge in [-0.05, 0) is 31.3 Å². The van der Waals surface area contributed by atoms with Crippen LogP contribution in [0, 0.1) is 5.82 Å². The minimum Gasteiger partial charge on any atom is -0.338 e. The van der Waals surface area contributed by atoms with Crippen molar-refractivity contribution in [2.45, 2.75) is 18.0 Å². The van der Waals surface area contributed by atoms with Gasteiger partial charge in [0.05, 0.1) is 6.54 Å². The highest BCUT2D eigenvalue weighted by Crippen LogP contribution is 2.37. The summed E-state index contributed by atoms with van der Waals surface area (Å²) in [5, 5.41) is 3.55. The predicted octanol–water partition coefficient (Wildman–Crippen LogP) is 2.32. The number of nitrogens with zero attached hydrogens (tertiary/aromatic N) is 2. The van der Waals surface area contributed by atoms with Gasteiger partial charge in [-0.25, -0.2) is 4.39 Å². The van der Waals surface area contributed by atoms with Gasteiger partial charge in [-0.3, -0.25) is 4.79 Å². The Balaban J connectivity index is 1.46. The van der Waals surface area contributed by atoms with Gasteiger partial charge in [-0.15, -0.1) is 0 Å². The number of rotatable bonds is 4. The van der Waals surface area contributed by atoms with Crippen molar-refractivity contribution in [3.8, 4) is 11.1 Å². The summed E-state index contributed by atoms with van der Waals surface area (Å²) in [6, 6.07) is 15.7. The minimum atomic E-state index is -0.197. The highest BCUT2D eigenvalue weighted by atomic mass is 19.1. The zero-order valence-electron chi connectivity index (χ0n) is 15.2. The number of halogens is 1. The summed E-state index contributed by atoms with van der Waals surface area (Å²) in [5.41, 5.74) is 2.79. The molecule has 5 heteroatoms. The van der Waals surface area contributed by atoms with E-state index in [2.05, 4.69) is 17.4 Å². The Morgan fingerprint density at radius 3 is 2.38 bits per heavy atom. The number of amides is 1. The molecule has 26 heavy (non-hydrogen) atoms. The average molecular weight is 353 g/mol. The molecule has 1 amide bonds. The molecule has 1 N–H and O–H groups in total. The lowest BCUT2D eigenvalue weighted by atomic mass is 9.74. The van der Waals surface area contributed by atoms with Gasteiger partial charge in [-0.2, -0.15) is 0 Å². The van der Waals surface area contributed by atoms with Crippen LogP contribution in [0.15, 0.2) is 48.5 Å². The molecule has 3 fully saturated rings. The number of piperazine rings is 1. The summed E-state index contributed by atoms with van der Waals surface area (Å²) in [4.78, 5) is 16.2. The molecule has 5 rings (SSSR count). The molecule has 2 aromatic carbocycles. The van der Waals surface area contributed by atoms with Crippen molar-refractivity contribution in [2.24, 2.45) is 0 Å². The topological polar surface area (TPSA) is 35.6 Å². The van der Waals surface area contributed by atoms with Crippen LogP contribution in [0.25, 0.3) is 11.1 Å². The van der Waals surface area contributed by atoms with Crippen molar-refractivity contribution in [3.63, 3.8) is 0 Å². The third-order valence-corrected chi connectivity index (χ3v) is 5.41. The van der Waals surface area contributed by atoms with Crippen LogP contribution in [0.4, 0.5) is 4.39 Å². The SMILES string of the molecule is CN(C)CC(=O)N1C[C@@H]2N[C@H](C1)C2c1ccc(-c2ccccc2F)cc1. The third kappa shape index (κ3) is 3.13. The van der Waals surface area contributed by atoms with Gasteiger partial charge in [0.15, 0.2) is 0 Å². The van der Waals surface area contributed by atoms with E-state index in [1.807, 2.05) is 42.1 Å². The Morgan fingerprint density at radius 2 is 1.77 bits per heavy atom. The molecule has 1 unspecified atom stereocenters. The third-order valence-electron chi connectivity index (χ3n) is 5.41. The quantitative estimate of drug-likeness (QED) is 0.916. The van der Waals surface area contributed by atoms with E-state index >= 15 is 0 Å². The summed E-state index contributed by atoms with van der Waals surface area (Å²) in [6.45, 7) is 1.97. The monoisotopic (exact) mass is 353 g/mol. The summed E-state index contributed by atoms with van der Waals surface area (Å²) in [7, 11) is 3.83. The van der Waals surface area contributed by atoms with E-state index in [-0.39, 0.29) is 11.7 Å². The van der Waals surface area contributed by atoms with Crippen molar-refractivity contribution >= 4 is 5.91 Å². The molecule has 3 heterocycles. The van der Waals surface area contributed by atoms with E-state index < -0.39 is 0 Å². The van der Waals surface area contributed by atoms with Gasteiger partial charge < -0.3 is 15.1 Å². The molecule has 136 valence electrons. The molecule has 0 radical (unpaired) electrons. The Kier molecular flexibility index (Phi) is 4.51. The zero-order valence-corrected chi connectivity index (χ0v) is 15.2. The number of nitrogens with one attached hydrogen (secondary N) is 1. The Hall–Kier alpha value is -2.24. The average Bonchev–Trinajstić information content (AvgIpc) is 2.62. The lowest BCUT2D eigenvalue weighted by Gasteiger charge is -2.55. The van der Waals surface area contributed by atoms with Crippen molar-refractivity contribution in [1.29, 1.82) is 0 Å². The molecule has 2 aromatic rings. The summed E-state index contributed by atoms with van der Waals surface area (Å²) in [5.74, 6) is 0.422. The minimum absolute atomic E-state index is 0.194. The molecular weight excluding hydrogens is 329 g/mol. The van der Waals surface area contributed by atoms with E-state index in [0.29, 0.717) is 30.1 Å². The van der Waals surface area contributed by atoms with Crippen LogP contribution < -0.4 is 5.32 Å². The first kappa shape index (κ1) is 17.2. The van der Waals surface area contributed by atoms with Crippen molar-refractivity contribution in [1.82, 2.24) is 15.1 Å². The van der Waals surface area contributed by atoms with Gasteiger partial charge in [-0.1, -0.05) is 42.5 Å². The molecule has 3 saturated heterocycles. The van der Waals surface area contributed by atoms with E-state index in [4.69, 9.17) is 0 Å². The molecule has 3 aliphatic rings. The van der Waals surface area contributed by atoms with Gasteiger partial charge in [0.25, 0.3) is 0 Å². The maximum Gasteiger partial charge on any atom is 0.236 e. The van der Waals surface area contributed by atoms with Crippen LogP contribution >= 0.6 is 0 Å². The highest BCUT2D eigenvalue weighted by molar-refractivity contribution is 5.78. The smallest absolute Gasteiger partial charge is 0.236 e. The molecule has 0 saturated carbocycles. The van der Waals surface area contributed by atoms with Crippen LogP contribution in [0.2, 0.25) is 0 Å². The molecule has 0 aliphatic carbocycles. The van der Waals surface area contributed by atoms with Crippen LogP contribution in [0.3, 0.4) is 0 Å². The fraction of sp³-hybridized carbons (Fsp3) is 0.381. The van der Waals surface area contributed by atoms with Crippen LogP contribution in [-0.2, 0) is 4.79 Å². The molecule has 2 bridgehead atoms. The standard InChI is InChI=1S/C21H24FN3O/c1-24(2)13-20(26)25-11-18-21(19(12-25)23-18)15-9-7-14(8-10-15)16-5-3-4-6-17(16)22/h3-10,18-19,21,23H,11-13H2,1-2H3/t18-,19+,21?. The number of likely N-dealkylation sites (N-methyl/N-ethyl adjacent to an activating group) is 1. The van der Waals surface area contributed by atoms with Gasteiger partial charge >= 0.3 is 0 Å². The Morgan fingerprint density at radius 1 is 1.12 bits per heavy atom. The second-order valence-corrected chi connectivity index (χ2v) is 7.54. The number of fused-ring (bicyclic) bond motifs is 2. The number of carbonyl (C=O) groups excluding carboxylic acids is 1. The van der Waals surface area contributed by atoms with Crippen molar-refractivity contribution < 1.29 is 9.18 Å². The molecule has 3 aliphatic heterocycles. The molecule has 3 atom stereocenters. The fourth-order valence-corrected chi connectivity index (χ4v) is 4.15. The lowest BCUT2D eigenvalue weighted by molar-refractivity contribution is -0.136.